The number of rotatable bonds is 5. The third-order valence-electron chi connectivity index (χ3n) is 3.06. The molecule has 0 heterocycles. The zero-order chi connectivity index (χ0) is 14.5. The van der Waals surface area contributed by atoms with Gasteiger partial charge in [-0.25, -0.2) is 4.39 Å². The van der Waals surface area contributed by atoms with Crippen molar-refractivity contribution in [2.24, 2.45) is 0 Å². The lowest BCUT2D eigenvalue weighted by Crippen LogP contribution is -2.17. The Morgan fingerprint density at radius 1 is 1.10 bits per heavy atom. The molecule has 104 valence electrons. The highest BCUT2D eigenvalue weighted by atomic mass is 19.1. The van der Waals surface area contributed by atoms with Crippen LogP contribution in [-0.2, 0) is 17.8 Å². The molecule has 1 N–H and O–H groups in total. The molecular weight excluding hydrogens is 257 g/mol. The minimum atomic E-state index is -0.846. The number of aliphatic carboxylic acids is 1. The number of halogens is 1. The van der Waals surface area contributed by atoms with Gasteiger partial charge in [0.1, 0.15) is 5.82 Å². The summed E-state index contributed by atoms with van der Waals surface area (Å²) in [6, 6.07) is 13.9. The molecule has 2 aromatic carbocycles. The Morgan fingerprint density at radius 3 is 2.30 bits per heavy atom. The van der Waals surface area contributed by atoms with Crippen LogP contribution in [0.5, 0.6) is 0 Å². The van der Waals surface area contributed by atoms with Crippen LogP contribution in [0.15, 0.2) is 48.5 Å². The van der Waals surface area contributed by atoms with Crippen molar-refractivity contribution in [2.75, 3.05) is 11.9 Å². The van der Waals surface area contributed by atoms with Gasteiger partial charge in [0.15, 0.2) is 0 Å². The molecule has 2 aromatic rings. The van der Waals surface area contributed by atoms with Crippen LogP contribution in [0.1, 0.15) is 11.1 Å². The first-order valence-electron chi connectivity index (χ1n) is 6.31. The zero-order valence-corrected chi connectivity index (χ0v) is 11.2. The maximum Gasteiger partial charge on any atom is 0.307 e. The molecule has 0 atom stereocenters. The van der Waals surface area contributed by atoms with E-state index in [1.165, 1.54) is 6.07 Å². The standard InChI is InChI=1S/C16H16FNO2/c1-18(15-5-3-2-4-14(15)17)11-13-8-6-12(7-9-13)10-16(19)20/h2-9H,10-11H2,1H3,(H,19,20). The summed E-state index contributed by atoms with van der Waals surface area (Å²) in [7, 11) is 1.82. The Bertz CT molecular complexity index is 596. The van der Waals surface area contributed by atoms with E-state index in [4.69, 9.17) is 5.11 Å². The molecule has 0 aromatic heterocycles. The van der Waals surface area contributed by atoms with Gasteiger partial charge < -0.3 is 10.0 Å². The number of carboxylic acid groups (broad SMARTS) is 1. The van der Waals surface area contributed by atoms with Crippen molar-refractivity contribution in [2.45, 2.75) is 13.0 Å². The van der Waals surface area contributed by atoms with Crippen molar-refractivity contribution in [3.05, 3.63) is 65.5 Å². The van der Waals surface area contributed by atoms with Crippen LogP contribution in [0.2, 0.25) is 0 Å². The van der Waals surface area contributed by atoms with Gasteiger partial charge >= 0.3 is 5.97 Å². The molecule has 0 aliphatic heterocycles. The lowest BCUT2D eigenvalue weighted by molar-refractivity contribution is -0.136. The number of hydrogen-bond acceptors (Lipinski definition) is 2. The van der Waals surface area contributed by atoms with E-state index in [1.807, 2.05) is 24.1 Å². The molecule has 4 heteroatoms. The summed E-state index contributed by atoms with van der Waals surface area (Å²) < 4.78 is 13.6. The second kappa shape index (κ2) is 6.19. The molecule has 3 nitrogen and oxygen atoms in total. The summed E-state index contributed by atoms with van der Waals surface area (Å²) >= 11 is 0. The van der Waals surface area contributed by atoms with Gasteiger partial charge in [-0.15, -0.1) is 0 Å². The van der Waals surface area contributed by atoms with Crippen molar-refractivity contribution in [1.29, 1.82) is 0 Å². The monoisotopic (exact) mass is 273 g/mol. The number of carboxylic acids is 1. The lowest BCUT2D eigenvalue weighted by Gasteiger charge is -2.20. The molecule has 0 amide bonds. The second-order valence-electron chi connectivity index (χ2n) is 4.69. The van der Waals surface area contributed by atoms with E-state index in [0.29, 0.717) is 12.2 Å². The largest absolute Gasteiger partial charge is 0.481 e. The van der Waals surface area contributed by atoms with Crippen LogP contribution in [0, 0.1) is 5.82 Å². The van der Waals surface area contributed by atoms with Crippen molar-refractivity contribution < 1.29 is 14.3 Å². The Morgan fingerprint density at radius 2 is 1.70 bits per heavy atom. The van der Waals surface area contributed by atoms with Gasteiger partial charge in [-0.05, 0) is 23.3 Å². The minimum absolute atomic E-state index is 0.0173. The Balaban J connectivity index is 2.06. The maximum atomic E-state index is 13.6. The number of nitrogens with zero attached hydrogens (tertiary/aromatic N) is 1. The molecular formula is C16H16FNO2. The predicted octanol–water partition coefficient (Wildman–Crippen LogP) is 3.09. The fourth-order valence-electron chi connectivity index (χ4n) is 2.06. The van der Waals surface area contributed by atoms with E-state index in [9.17, 15) is 9.18 Å². The Hall–Kier alpha value is -2.36. The summed E-state index contributed by atoms with van der Waals surface area (Å²) in [5, 5.41) is 8.71. The highest BCUT2D eigenvalue weighted by Gasteiger charge is 2.07. The summed E-state index contributed by atoms with van der Waals surface area (Å²) in [5.41, 5.74) is 2.31. The molecule has 0 aliphatic carbocycles. The second-order valence-corrected chi connectivity index (χ2v) is 4.69. The zero-order valence-electron chi connectivity index (χ0n) is 11.2. The molecule has 0 spiro atoms. The van der Waals surface area contributed by atoms with E-state index in [1.54, 1.807) is 30.3 Å². The predicted molar refractivity (Wildman–Crippen MR) is 76.3 cm³/mol. The molecule has 0 unspecified atom stereocenters. The molecule has 0 bridgehead atoms. The van der Waals surface area contributed by atoms with E-state index >= 15 is 0 Å². The van der Waals surface area contributed by atoms with Crippen LogP contribution in [0.3, 0.4) is 0 Å². The molecule has 0 aliphatic rings. The first kappa shape index (κ1) is 14.1. The van der Waals surface area contributed by atoms with Gasteiger partial charge in [0, 0.05) is 13.6 Å². The number of para-hydroxylation sites is 1. The number of anilines is 1. The Labute approximate surface area is 117 Å². The fraction of sp³-hybridized carbons (Fsp3) is 0.188. The molecule has 20 heavy (non-hydrogen) atoms. The average Bonchev–Trinajstić information content (AvgIpc) is 2.41. The SMILES string of the molecule is CN(Cc1ccc(CC(=O)O)cc1)c1ccccc1F. The average molecular weight is 273 g/mol. The van der Waals surface area contributed by atoms with Gasteiger partial charge in [0.25, 0.3) is 0 Å². The smallest absolute Gasteiger partial charge is 0.307 e. The van der Waals surface area contributed by atoms with Crippen LogP contribution < -0.4 is 4.90 Å². The van der Waals surface area contributed by atoms with E-state index in [0.717, 1.165) is 11.1 Å². The maximum absolute atomic E-state index is 13.6. The van der Waals surface area contributed by atoms with Crippen LogP contribution >= 0.6 is 0 Å². The number of hydrogen-bond donors (Lipinski definition) is 1. The highest BCUT2D eigenvalue weighted by molar-refractivity contribution is 5.70. The van der Waals surface area contributed by atoms with Crippen molar-refractivity contribution in [1.82, 2.24) is 0 Å². The fourth-order valence-corrected chi connectivity index (χ4v) is 2.06. The summed E-state index contributed by atoms with van der Waals surface area (Å²) in [6.45, 7) is 0.564. The van der Waals surface area contributed by atoms with Gasteiger partial charge in [-0.1, -0.05) is 36.4 Å². The molecule has 0 fully saturated rings. The minimum Gasteiger partial charge on any atom is -0.481 e. The lowest BCUT2D eigenvalue weighted by atomic mass is 10.1. The van der Waals surface area contributed by atoms with Gasteiger partial charge in [0.05, 0.1) is 12.1 Å². The highest BCUT2D eigenvalue weighted by Crippen LogP contribution is 2.19. The van der Waals surface area contributed by atoms with Crippen molar-refractivity contribution >= 4 is 11.7 Å². The third kappa shape index (κ3) is 3.57. The van der Waals surface area contributed by atoms with Crippen LogP contribution in [0.4, 0.5) is 10.1 Å². The number of benzene rings is 2. The first-order chi connectivity index (χ1) is 9.56. The molecule has 0 radical (unpaired) electrons. The number of carbonyl (C=O) groups is 1. The van der Waals surface area contributed by atoms with Crippen LogP contribution in [-0.4, -0.2) is 18.1 Å². The van der Waals surface area contributed by atoms with Gasteiger partial charge in [-0.2, -0.15) is 0 Å². The van der Waals surface area contributed by atoms with E-state index in [-0.39, 0.29) is 12.2 Å². The van der Waals surface area contributed by atoms with Crippen molar-refractivity contribution in [3.8, 4) is 0 Å². The van der Waals surface area contributed by atoms with Crippen LogP contribution in [0.25, 0.3) is 0 Å². The summed E-state index contributed by atoms with van der Waals surface area (Å²) in [4.78, 5) is 12.4. The Kier molecular flexibility index (Phi) is 4.35. The third-order valence-corrected chi connectivity index (χ3v) is 3.06. The summed E-state index contributed by atoms with van der Waals surface area (Å²) in [5.74, 6) is -1.10. The topological polar surface area (TPSA) is 40.5 Å². The van der Waals surface area contributed by atoms with E-state index < -0.39 is 5.97 Å². The quantitative estimate of drug-likeness (QED) is 0.910. The van der Waals surface area contributed by atoms with Crippen molar-refractivity contribution in [3.63, 3.8) is 0 Å². The first-order valence-corrected chi connectivity index (χ1v) is 6.31. The van der Waals surface area contributed by atoms with E-state index in [2.05, 4.69) is 0 Å². The normalized spacial score (nSPS) is 10.3. The summed E-state index contributed by atoms with van der Waals surface area (Å²) in [6.07, 6.45) is 0.0173. The van der Waals surface area contributed by atoms with Gasteiger partial charge in [0.2, 0.25) is 0 Å². The molecule has 2 rings (SSSR count). The van der Waals surface area contributed by atoms with Gasteiger partial charge in [-0.3, -0.25) is 4.79 Å². The molecule has 0 saturated heterocycles. The molecule has 0 saturated carbocycles.